The molecule has 0 bridgehead atoms. The van der Waals surface area contributed by atoms with Crippen LogP contribution in [0.5, 0.6) is 0 Å². The zero-order valence-electron chi connectivity index (χ0n) is 10.9. The van der Waals surface area contributed by atoms with Crippen LogP contribution >= 0.6 is 22.9 Å². The lowest BCUT2D eigenvalue weighted by atomic mass is 9.79. The van der Waals surface area contributed by atoms with Crippen molar-refractivity contribution in [2.45, 2.75) is 38.6 Å². The van der Waals surface area contributed by atoms with E-state index in [9.17, 15) is 5.11 Å². The van der Waals surface area contributed by atoms with E-state index in [0.717, 1.165) is 10.9 Å². The first kappa shape index (κ1) is 14.3. The normalized spacial score (nSPS) is 26.2. The van der Waals surface area contributed by atoms with E-state index in [-0.39, 0.29) is 0 Å². The third-order valence-corrected chi connectivity index (χ3v) is 5.18. The summed E-state index contributed by atoms with van der Waals surface area (Å²) in [5, 5.41) is 15.1. The lowest BCUT2D eigenvalue weighted by molar-refractivity contribution is 0.131. The minimum absolute atomic E-state index is 0.338. The van der Waals surface area contributed by atoms with E-state index in [4.69, 9.17) is 11.6 Å². The topological polar surface area (TPSA) is 32.3 Å². The molecule has 0 radical (unpaired) electrons. The van der Waals surface area contributed by atoms with Crippen LogP contribution in [0.25, 0.3) is 0 Å². The molecule has 1 aromatic rings. The van der Waals surface area contributed by atoms with E-state index in [1.54, 1.807) is 11.3 Å². The molecule has 0 saturated heterocycles. The standard InChI is InChI=1S/C14H22ClNOS/c1-10(13-6-14(15)18-9-13)16-7-11-4-2-3-5-12(11)8-17/h6,9-12,16-17H,2-5,7-8H2,1H3. The Kier molecular flexibility index (Phi) is 5.49. The smallest absolute Gasteiger partial charge is 0.0931 e. The van der Waals surface area contributed by atoms with Crippen molar-refractivity contribution in [2.75, 3.05) is 13.2 Å². The summed E-state index contributed by atoms with van der Waals surface area (Å²) in [6.07, 6.45) is 5.01. The Morgan fingerprint density at radius 2 is 2.17 bits per heavy atom. The van der Waals surface area contributed by atoms with Gasteiger partial charge in [0.25, 0.3) is 0 Å². The second-order valence-electron chi connectivity index (χ2n) is 5.30. The summed E-state index contributed by atoms with van der Waals surface area (Å²) in [5.41, 5.74) is 1.27. The van der Waals surface area contributed by atoms with Gasteiger partial charge in [-0.3, -0.25) is 0 Å². The van der Waals surface area contributed by atoms with Gasteiger partial charge >= 0.3 is 0 Å². The Morgan fingerprint density at radius 3 is 2.78 bits per heavy atom. The van der Waals surface area contributed by atoms with Crippen molar-refractivity contribution < 1.29 is 5.11 Å². The molecule has 1 aromatic heterocycles. The maximum Gasteiger partial charge on any atom is 0.0931 e. The van der Waals surface area contributed by atoms with Crippen molar-refractivity contribution in [3.05, 3.63) is 21.3 Å². The highest BCUT2D eigenvalue weighted by Gasteiger charge is 2.24. The fourth-order valence-corrected chi connectivity index (χ4v) is 3.77. The largest absolute Gasteiger partial charge is 0.396 e. The molecule has 3 unspecified atom stereocenters. The van der Waals surface area contributed by atoms with Gasteiger partial charge in [-0.2, -0.15) is 0 Å². The van der Waals surface area contributed by atoms with Crippen LogP contribution in [0.1, 0.15) is 44.2 Å². The predicted octanol–water partition coefficient (Wildman–Crippen LogP) is 3.85. The number of nitrogens with one attached hydrogen (secondary N) is 1. The Bertz CT molecular complexity index is 368. The Morgan fingerprint density at radius 1 is 1.44 bits per heavy atom. The average molecular weight is 288 g/mol. The van der Waals surface area contributed by atoms with Crippen LogP contribution in [-0.2, 0) is 0 Å². The summed E-state index contributed by atoms with van der Waals surface area (Å²) in [6.45, 7) is 3.51. The molecule has 1 fully saturated rings. The van der Waals surface area contributed by atoms with E-state index in [2.05, 4.69) is 17.6 Å². The third-order valence-electron chi connectivity index (χ3n) is 4.07. The molecule has 1 aliphatic carbocycles. The number of aliphatic hydroxyl groups excluding tert-OH is 1. The molecular formula is C14H22ClNOS. The summed E-state index contributed by atoms with van der Waals surface area (Å²) >= 11 is 7.54. The molecular weight excluding hydrogens is 266 g/mol. The van der Waals surface area contributed by atoms with E-state index in [1.807, 2.05) is 6.07 Å². The number of thiophene rings is 1. The molecule has 4 heteroatoms. The van der Waals surface area contributed by atoms with E-state index in [1.165, 1.54) is 31.2 Å². The third kappa shape index (κ3) is 3.70. The second kappa shape index (κ2) is 6.90. The summed E-state index contributed by atoms with van der Waals surface area (Å²) < 4.78 is 0.851. The van der Waals surface area contributed by atoms with E-state index < -0.39 is 0 Å². The zero-order valence-corrected chi connectivity index (χ0v) is 12.4. The second-order valence-corrected chi connectivity index (χ2v) is 6.84. The fourth-order valence-electron chi connectivity index (χ4n) is 2.79. The van der Waals surface area contributed by atoms with Gasteiger partial charge in [0.15, 0.2) is 0 Å². The average Bonchev–Trinajstić information content (AvgIpc) is 2.83. The van der Waals surface area contributed by atoms with Gasteiger partial charge in [0, 0.05) is 12.6 Å². The maximum atomic E-state index is 9.40. The monoisotopic (exact) mass is 287 g/mol. The number of halogens is 1. The van der Waals surface area contributed by atoms with Crippen LogP contribution in [0.15, 0.2) is 11.4 Å². The molecule has 102 valence electrons. The molecule has 18 heavy (non-hydrogen) atoms. The van der Waals surface area contributed by atoms with Crippen molar-refractivity contribution in [1.29, 1.82) is 0 Å². The number of aliphatic hydroxyl groups is 1. The van der Waals surface area contributed by atoms with Gasteiger partial charge in [-0.25, -0.2) is 0 Å². The quantitative estimate of drug-likeness (QED) is 0.862. The van der Waals surface area contributed by atoms with Crippen LogP contribution in [0.4, 0.5) is 0 Å². The highest BCUT2D eigenvalue weighted by atomic mass is 35.5. The lowest BCUT2D eigenvalue weighted by Crippen LogP contribution is -2.33. The van der Waals surface area contributed by atoms with Crippen molar-refractivity contribution >= 4 is 22.9 Å². The Hall–Kier alpha value is -0.0900. The van der Waals surface area contributed by atoms with E-state index >= 15 is 0 Å². The van der Waals surface area contributed by atoms with Crippen LogP contribution in [0.3, 0.4) is 0 Å². The van der Waals surface area contributed by atoms with Crippen molar-refractivity contribution in [2.24, 2.45) is 11.8 Å². The first-order valence-corrected chi connectivity index (χ1v) is 8.04. The maximum absolute atomic E-state index is 9.40. The minimum Gasteiger partial charge on any atom is -0.396 e. The molecule has 3 atom stereocenters. The lowest BCUT2D eigenvalue weighted by Gasteiger charge is -2.31. The number of hydrogen-bond donors (Lipinski definition) is 2. The van der Waals surface area contributed by atoms with Crippen LogP contribution < -0.4 is 5.32 Å². The van der Waals surface area contributed by atoms with Gasteiger partial charge in [0.2, 0.25) is 0 Å². The molecule has 2 nitrogen and oxygen atoms in total. The molecule has 2 rings (SSSR count). The van der Waals surface area contributed by atoms with Gasteiger partial charge in [-0.05, 0) is 55.2 Å². The van der Waals surface area contributed by atoms with Crippen LogP contribution in [0, 0.1) is 11.8 Å². The highest BCUT2D eigenvalue weighted by Crippen LogP contribution is 2.30. The Labute approximate surface area is 118 Å². The predicted molar refractivity (Wildman–Crippen MR) is 78.3 cm³/mol. The first-order valence-electron chi connectivity index (χ1n) is 6.79. The summed E-state index contributed by atoms with van der Waals surface area (Å²) in [5.74, 6) is 1.12. The Balaban J connectivity index is 1.83. The van der Waals surface area contributed by atoms with Gasteiger partial charge in [-0.1, -0.05) is 24.4 Å². The zero-order chi connectivity index (χ0) is 13.0. The molecule has 1 heterocycles. The molecule has 0 spiro atoms. The fraction of sp³-hybridized carbons (Fsp3) is 0.714. The van der Waals surface area contributed by atoms with E-state index in [0.29, 0.717) is 24.5 Å². The van der Waals surface area contributed by atoms with Crippen molar-refractivity contribution in [3.63, 3.8) is 0 Å². The van der Waals surface area contributed by atoms with Crippen LogP contribution in [0.2, 0.25) is 4.34 Å². The summed E-state index contributed by atoms with van der Waals surface area (Å²) in [6, 6.07) is 2.38. The number of hydrogen-bond acceptors (Lipinski definition) is 3. The van der Waals surface area contributed by atoms with Gasteiger partial charge in [-0.15, -0.1) is 11.3 Å². The SMILES string of the molecule is CC(NCC1CCCCC1CO)c1csc(Cl)c1. The van der Waals surface area contributed by atoms with Gasteiger partial charge < -0.3 is 10.4 Å². The first-order chi connectivity index (χ1) is 8.70. The van der Waals surface area contributed by atoms with Crippen molar-refractivity contribution in [3.8, 4) is 0 Å². The molecule has 0 aliphatic heterocycles. The summed E-state index contributed by atoms with van der Waals surface area (Å²) in [4.78, 5) is 0. The molecule has 1 aliphatic rings. The van der Waals surface area contributed by atoms with Gasteiger partial charge in [0.1, 0.15) is 0 Å². The minimum atomic E-state index is 0.338. The van der Waals surface area contributed by atoms with Crippen molar-refractivity contribution in [1.82, 2.24) is 5.32 Å². The number of rotatable bonds is 5. The molecule has 0 aromatic carbocycles. The summed E-state index contributed by atoms with van der Waals surface area (Å²) in [7, 11) is 0. The molecule has 1 saturated carbocycles. The van der Waals surface area contributed by atoms with Gasteiger partial charge in [0.05, 0.1) is 4.34 Å². The highest BCUT2D eigenvalue weighted by molar-refractivity contribution is 7.14. The molecule has 0 amide bonds. The van der Waals surface area contributed by atoms with Crippen LogP contribution in [-0.4, -0.2) is 18.3 Å². The molecule has 2 N–H and O–H groups in total.